The van der Waals surface area contributed by atoms with E-state index in [1.807, 2.05) is 30.5 Å². The van der Waals surface area contributed by atoms with Crippen LogP contribution in [0.3, 0.4) is 0 Å². The van der Waals surface area contributed by atoms with Gasteiger partial charge in [-0.2, -0.15) is 0 Å². The monoisotopic (exact) mass is 340 g/mol. The van der Waals surface area contributed by atoms with Crippen molar-refractivity contribution in [1.82, 2.24) is 4.98 Å². The second-order valence-electron chi connectivity index (χ2n) is 5.58. The quantitative estimate of drug-likeness (QED) is 0.676. The van der Waals surface area contributed by atoms with Gasteiger partial charge in [-0.15, -0.1) is 0 Å². The van der Waals surface area contributed by atoms with Crippen LogP contribution in [0.25, 0.3) is 10.9 Å². The van der Waals surface area contributed by atoms with E-state index in [0.29, 0.717) is 12.1 Å². The molecule has 0 fully saturated rings. The highest BCUT2D eigenvalue weighted by molar-refractivity contribution is 5.92. The lowest BCUT2D eigenvalue weighted by Gasteiger charge is -2.06. The van der Waals surface area contributed by atoms with Crippen LogP contribution in [-0.2, 0) is 20.7 Å². The number of aromatic nitrogens is 1. The van der Waals surface area contributed by atoms with Gasteiger partial charge in [-0.3, -0.25) is 9.59 Å². The van der Waals surface area contributed by atoms with E-state index >= 15 is 0 Å². The van der Waals surface area contributed by atoms with E-state index in [1.165, 1.54) is 18.2 Å². The summed E-state index contributed by atoms with van der Waals surface area (Å²) in [6.45, 7) is -0.400. The molecule has 0 bridgehead atoms. The minimum Gasteiger partial charge on any atom is -0.456 e. The van der Waals surface area contributed by atoms with Crippen LogP contribution in [0.2, 0.25) is 0 Å². The smallest absolute Gasteiger partial charge is 0.306 e. The van der Waals surface area contributed by atoms with Crippen molar-refractivity contribution in [1.29, 1.82) is 0 Å². The molecule has 0 unspecified atom stereocenters. The van der Waals surface area contributed by atoms with Gasteiger partial charge in [0.15, 0.2) is 6.61 Å². The number of aromatic amines is 1. The Bertz CT molecular complexity index is 904. The number of amides is 1. The molecule has 0 aliphatic heterocycles. The number of carbonyl (C=O) groups excluding carboxylic acids is 2. The van der Waals surface area contributed by atoms with E-state index < -0.39 is 24.3 Å². The van der Waals surface area contributed by atoms with Crippen molar-refractivity contribution in [2.75, 3.05) is 11.9 Å². The first kappa shape index (κ1) is 16.7. The Labute approximate surface area is 143 Å². The number of nitrogens with one attached hydrogen (secondary N) is 2. The molecule has 2 N–H and O–H groups in total. The summed E-state index contributed by atoms with van der Waals surface area (Å²) in [5, 5.41) is 3.54. The largest absolute Gasteiger partial charge is 0.456 e. The molecule has 3 rings (SSSR count). The van der Waals surface area contributed by atoms with E-state index in [-0.39, 0.29) is 6.42 Å². The first-order chi connectivity index (χ1) is 12.1. The van der Waals surface area contributed by atoms with E-state index in [4.69, 9.17) is 4.74 Å². The molecule has 2 aromatic carbocycles. The number of ether oxygens (including phenoxy) is 1. The topological polar surface area (TPSA) is 71.2 Å². The Kier molecular flexibility index (Phi) is 5.09. The van der Waals surface area contributed by atoms with Gasteiger partial charge in [0.1, 0.15) is 5.82 Å². The Hall–Kier alpha value is -3.15. The maximum atomic E-state index is 13.0. The van der Waals surface area contributed by atoms with Gasteiger partial charge >= 0.3 is 5.97 Å². The lowest BCUT2D eigenvalue weighted by molar-refractivity contribution is -0.147. The van der Waals surface area contributed by atoms with E-state index in [2.05, 4.69) is 10.3 Å². The number of halogens is 1. The fraction of sp³-hybridized carbons (Fsp3) is 0.158. The molecule has 0 saturated carbocycles. The Morgan fingerprint density at radius 1 is 1.12 bits per heavy atom. The van der Waals surface area contributed by atoms with Crippen LogP contribution >= 0.6 is 0 Å². The molecule has 0 aliphatic carbocycles. The van der Waals surface area contributed by atoms with Crippen LogP contribution in [0.15, 0.2) is 54.7 Å². The maximum absolute atomic E-state index is 13.0. The van der Waals surface area contributed by atoms with Crippen molar-refractivity contribution in [2.24, 2.45) is 0 Å². The Morgan fingerprint density at radius 2 is 1.96 bits per heavy atom. The van der Waals surface area contributed by atoms with Crippen LogP contribution in [0.4, 0.5) is 10.1 Å². The minimum atomic E-state index is -0.508. The normalized spacial score (nSPS) is 10.6. The number of anilines is 1. The summed E-state index contributed by atoms with van der Waals surface area (Å²) in [6, 6.07) is 13.3. The Morgan fingerprint density at radius 3 is 2.80 bits per heavy atom. The molecule has 1 amide bonds. The first-order valence-electron chi connectivity index (χ1n) is 7.88. The van der Waals surface area contributed by atoms with Gasteiger partial charge in [0, 0.05) is 29.2 Å². The number of rotatable bonds is 6. The number of hydrogen-bond acceptors (Lipinski definition) is 3. The number of para-hydroxylation sites is 1. The standard InChI is InChI=1S/C19H17FN2O3/c20-14-4-3-5-15(10-14)22-18(23)12-25-19(24)9-8-13-11-21-17-7-2-1-6-16(13)17/h1-7,10-11,21H,8-9,12H2,(H,22,23). The predicted octanol–water partition coefficient (Wildman–Crippen LogP) is 3.42. The van der Waals surface area contributed by atoms with Gasteiger partial charge in [0.2, 0.25) is 0 Å². The molecule has 128 valence electrons. The van der Waals surface area contributed by atoms with Gasteiger partial charge in [0.25, 0.3) is 5.91 Å². The number of H-pyrrole nitrogens is 1. The second kappa shape index (κ2) is 7.61. The van der Waals surface area contributed by atoms with Crippen molar-refractivity contribution in [3.8, 4) is 0 Å². The summed E-state index contributed by atoms with van der Waals surface area (Å²) in [5.74, 6) is -1.42. The van der Waals surface area contributed by atoms with Crippen molar-refractivity contribution in [2.45, 2.75) is 12.8 Å². The summed E-state index contributed by atoms with van der Waals surface area (Å²) in [7, 11) is 0. The van der Waals surface area contributed by atoms with E-state index in [0.717, 1.165) is 16.5 Å². The fourth-order valence-electron chi connectivity index (χ4n) is 2.56. The maximum Gasteiger partial charge on any atom is 0.306 e. The average Bonchev–Trinajstić information content (AvgIpc) is 3.01. The van der Waals surface area contributed by atoms with Crippen molar-refractivity contribution >= 4 is 28.5 Å². The number of hydrogen-bond donors (Lipinski definition) is 2. The van der Waals surface area contributed by atoms with Crippen LogP contribution in [-0.4, -0.2) is 23.5 Å². The summed E-state index contributed by atoms with van der Waals surface area (Å²) in [6.07, 6.45) is 2.57. The van der Waals surface area contributed by atoms with Crippen LogP contribution in [0, 0.1) is 5.82 Å². The molecule has 0 aliphatic rings. The van der Waals surface area contributed by atoms with E-state index in [1.54, 1.807) is 6.07 Å². The second-order valence-corrected chi connectivity index (χ2v) is 5.58. The lowest BCUT2D eigenvalue weighted by atomic mass is 10.1. The minimum absolute atomic E-state index is 0.176. The third-order valence-electron chi connectivity index (χ3n) is 3.75. The molecule has 0 saturated heterocycles. The van der Waals surface area contributed by atoms with Crippen LogP contribution in [0.1, 0.15) is 12.0 Å². The highest BCUT2D eigenvalue weighted by Crippen LogP contribution is 2.19. The molecule has 25 heavy (non-hydrogen) atoms. The van der Waals surface area contributed by atoms with Crippen LogP contribution in [0.5, 0.6) is 0 Å². The summed E-state index contributed by atoms with van der Waals surface area (Å²) < 4.78 is 18.0. The highest BCUT2D eigenvalue weighted by Gasteiger charge is 2.10. The summed E-state index contributed by atoms with van der Waals surface area (Å²) in [5.41, 5.74) is 2.36. The molecule has 3 aromatic rings. The molecular weight excluding hydrogens is 323 g/mol. The number of aryl methyl sites for hydroxylation is 1. The zero-order valence-corrected chi connectivity index (χ0v) is 13.4. The zero-order chi connectivity index (χ0) is 17.6. The molecule has 1 heterocycles. The summed E-state index contributed by atoms with van der Waals surface area (Å²) in [4.78, 5) is 26.7. The van der Waals surface area contributed by atoms with Gasteiger partial charge in [-0.25, -0.2) is 4.39 Å². The lowest BCUT2D eigenvalue weighted by Crippen LogP contribution is -2.21. The van der Waals surface area contributed by atoms with Crippen molar-refractivity contribution < 1.29 is 18.7 Å². The number of benzene rings is 2. The number of esters is 1. The summed E-state index contributed by atoms with van der Waals surface area (Å²) >= 11 is 0. The SMILES string of the molecule is O=C(COC(=O)CCc1c[nH]c2ccccc12)Nc1cccc(F)c1. The molecule has 0 radical (unpaired) electrons. The molecule has 0 spiro atoms. The highest BCUT2D eigenvalue weighted by atomic mass is 19.1. The van der Waals surface area contributed by atoms with Crippen molar-refractivity contribution in [3.05, 3.63) is 66.1 Å². The fourth-order valence-corrected chi connectivity index (χ4v) is 2.56. The van der Waals surface area contributed by atoms with Gasteiger partial charge < -0.3 is 15.0 Å². The third-order valence-corrected chi connectivity index (χ3v) is 3.75. The third kappa shape index (κ3) is 4.44. The zero-order valence-electron chi connectivity index (χ0n) is 13.4. The predicted molar refractivity (Wildman–Crippen MR) is 92.6 cm³/mol. The average molecular weight is 340 g/mol. The van der Waals surface area contributed by atoms with Crippen LogP contribution < -0.4 is 5.32 Å². The molecule has 6 heteroatoms. The van der Waals surface area contributed by atoms with Crippen molar-refractivity contribution in [3.63, 3.8) is 0 Å². The molecular formula is C19H17FN2O3. The molecule has 5 nitrogen and oxygen atoms in total. The first-order valence-corrected chi connectivity index (χ1v) is 7.88. The molecule has 0 atom stereocenters. The number of carbonyl (C=O) groups is 2. The van der Waals surface area contributed by atoms with E-state index in [9.17, 15) is 14.0 Å². The molecule has 1 aromatic heterocycles. The van der Waals surface area contributed by atoms with Gasteiger partial charge in [0.05, 0.1) is 0 Å². The van der Waals surface area contributed by atoms with Gasteiger partial charge in [-0.1, -0.05) is 24.3 Å². The number of fused-ring (bicyclic) bond motifs is 1. The van der Waals surface area contributed by atoms with Gasteiger partial charge in [-0.05, 0) is 36.2 Å². The Balaban J connectivity index is 1.45.